The third kappa shape index (κ3) is 13.6. The standard InChI is InChI=1S/C12H25O4P/c1-2-16-9-7-5-3-4-6-8-10-17(15)11-12(13)14/h17H,2-11H2,1H3,(H,13,14). The Morgan fingerprint density at radius 1 is 1.12 bits per heavy atom. The van der Waals surface area contributed by atoms with Crippen LogP contribution < -0.4 is 0 Å². The van der Waals surface area contributed by atoms with Gasteiger partial charge in [-0.25, -0.2) is 0 Å². The Morgan fingerprint density at radius 2 is 1.71 bits per heavy atom. The van der Waals surface area contributed by atoms with Gasteiger partial charge in [-0.2, -0.15) is 0 Å². The summed E-state index contributed by atoms with van der Waals surface area (Å²) in [4.78, 5) is 10.3. The van der Waals surface area contributed by atoms with E-state index in [0.717, 1.165) is 38.9 Å². The molecule has 1 unspecified atom stereocenters. The van der Waals surface area contributed by atoms with Crippen molar-refractivity contribution in [3.63, 3.8) is 0 Å². The summed E-state index contributed by atoms with van der Waals surface area (Å²) in [5, 5.41) is 8.44. The van der Waals surface area contributed by atoms with E-state index in [1.807, 2.05) is 6.92 Å². The lowest BCUT2D eigenvalue weighted by Gasteiger charge is -2.02. The molecule has 4 nitrogen and oxygen atoms in total. The van der Waals surface area contributed by atoms with Gasteiger partial charge < -0.3 is 14.4 Å². The molecule has 0 saturated carbocycles. The van der Waals surface area contributed by atoms with E-state index in [1.54, 1.807) is 0 Å². The first-order chi connectivity index (χ1) is 8.16. The molecule has 0 radical (unpaired) electrons. The Labute approximate surface area is 105 Å². The van der Waals surface area contributed by atoms with Gasteiger partial charge in [-0.3, -0.25) is 4.79 Å². The summed E-state index contributed by atoms with van der Waals surface area (Å²) in [7, 11) is -1.86. The SMILES string of the molecule is CCOCCCCCCCC[PH](=O)CC(=O)O. The van der Waals surface area contributed by atoms with Crippen molar-refractivity contribution in [2.75, 3.05) is 25.5 Å². The first kappa shape index (κ1) is 16.7. The lowest BCUT2D eigenvalue weighted by molar-refractivity contribution is -0.134. The van der Waals surface area contributed by atoms with E-state index in [4.69, 9.17) is 9.84 Å². The number of hydrogen-bond acceptors (Lipinski definition) is 3. The quantitative estimate of drug-likeness (QED) is 0.434. The summed E-state index contributed by atoms with van der Waals surface area (Å²) < 4.78 is 16.5. The Bertz CT molecular complexity index is 219. The van der Waals surface area contributed by atoms with Crippen LogP contribution in [-0.2, 0) is 14.1 Å². The number of aliphatic carboxylic acids is 1. The van der Waals surface area contributed by atoms with E-state index in [2.05, 4.69) is 0 Å². The van der Waals surface area contributed by atoms with E-state index >= 15 is 0 Å². The van der Waals surface area contributed by atoms with Crippen LogP contribution in [0, 0.1) is 0 Å². The van der Waals surface area contributed by atoms with Gasteiger partial charge in [-0.15, -0.1) is 0 Å². The molecule has 0 bridgehead atoms. The molecular weight excluding hydrogens is 239 g/mol. The second kappa shape index (κ2) is 12.1. The fraction of sp³-hybridized carbons (Fsp3) is 0.917. The number of carboxylic acid groups (broad SMARTS) is 1. The van der Waals surface area contributed by atoms with Crippen LogP contribution in [0.4, 0.5) is 0 Å². The molecule has 0 fully saturated rings. The molecule has 0 aliphatic carbocycles. The maximum absolute atomic E-state index is 11.2. The molecule has 5 heteroatoms. The van der Waals surface area contributed by atoms with Crippen LogP contribution in [0.1, 0.15) is 45.4 Å². The topological polar surface area (TPSA) is 63.6 Å². The lowest BCUT2D eigenvalue weighted by Crippen LogP contribution is -1.99. The minimum absolute atomic E-state index is 0.140. The zero-order valence-corrected chi connectivity index (χ0v) is 11.7. The van der Waals surface area contributed by atoms with Gasteiger partial charge in [-0.05, 0) is 25.9 Å². The number of unbranched alkanes of at least 4 members (excludes halogenated alkanes) is 5. The van der Waals surface area contributed by atoms with Crippen LogP contribution in [0.3, 0.4) is 0 Å². The van der Waals surface area contributed by atoms with Gasteiger partial charge in [-0.1, -0.05) is 25.7 Å². The maximum Gasteiger partial charge on any atom is 0.310 e. The molecule has 0 aromatic rings. The van der Waals surface area contributed by atoms with Crippen LogP contribution in [0.5, 0.6) is 0 Å². The van der Waals surface area contributed by atoms with E-state index in [1.165, 1.54) is 12.8 Å². The van der Waals surface area contributed by atoms with Crippen molar-refractivity contribution in [2.45, 2.75) is 45.4 Å². The average molecular weight is 264 g/mol. The van der Waals surface area contributed by atoms with E-state index in [0.29, 0.717) is 6.16 Å². The number of carbonyl (C=O) groups is 1. The maximum atomic E-state index is 11.2. The number of rotatable bonds is 12. The lowest BCUT2D eigenvalue weighted by atomic mass is 10.1. The molecule has 1 atom stereocenters. The molecule has 17 heavy (non-hydrogen) atoms. The third-order valence-electron chi connectivity index (χ3n) is 2.55. The fourth-order valence-electron chi connectivity index (χ4n) is 1.63. The van der Waals surface area contributed by atoms with Crippen LogP contribution in [0.2, 0.25) is 0 Å². The third-order valence-corrected chi connectivity index (χ3v) is 4.15. The molecule has 0 aliphatic heterocycles. The Hall–Kier alpha value is -0.340. The summed E-state index contributed by atoms with van der Waals surface area (Å²) in [6.45, 7) is 3.64. The van der Waals surface area contributed by atoms with Crippen molar-refractivity contribution in [1.29, 1.82) is 0 Å². The van der Waals surface area contributed by atoms with Crippen molar-refractivity contribution in [1.82, 2.24) is 0 Å². The molecule has 0 amide bonds. The summed E-state index contributed by atoms with van der Waals surface area (Å²) >= 11 is 0. The first-order valence-corrected chi connectivity index (χ1v) is 8.30. The molecule has 0 rings (SSSR count). The molecule has 0 heterocycles. The second-order valence-corrected chi connectivity index (χ2v) is 6.11. The highest BCUT2D eigenvalue weighted by Crippen LogP contribution is 2.22. The fourth-order valence-corrected chi connectivity index (χ4v) is 2.79. The summed E-state index contributed by atoms with van der Waals surface area (Å²) in [5.74, 6) is -0.940. The molecule has 0 spiro atoms. The normalized spacial score (nSPS) is 12.5. The van der Waals surface area contributed by atoms with Crippen LogP contribution in [0.25, 0.3) is 0 Å². The Kier molecular flexibility index (Phi) is 11.9. The highest BCUT2D eigenvalue weighted by molar-refractivity contribution is 7.45. The largest absolute Gasteiger partial charge is 0.481 e. The monoisotopic (exact) mass is 264 g/mol. The number of hydrogen-bond donors (Lipinski definition) is 1. The number of carboxylic acids is 1. The second-order valence-electron chi connectivity index (χ2n) is 4.18. The van der Waals surface area contributed by atoms with Crippen molar-refractivity contribution in [3.8, 4) is 0 Å². The highest BCUT2D eigenvalue weighted by atomic mass is 31.1. The molecule has 0 aliphatic rings. The van der Waals surface area contributed by atoms with Crippen molar-refractivity contribution < 1.29 is 19.2 Å². The Morgan fingerprint density at radius 3 is 2.29 bits per heavy atom. The van der Waals surface area contributed by atoms with Gasteiger partial charge in [0.05, 0.1) is 14.0 Å². The minimum atomic E-state index is -1.86. The first-order valence-electron chi connectivity index (χ1n) is 6.48. The highest BCUT2D eigenvalue weighted by Gasteiger charge is 2.04. The van der Waals surface area contributed by atoms with Gasteiger partial charge in [0.25, 0.3) is 0 Å². The molecule has 0 saturated heterocycles. The molecule has 1 N–H and O–H groups in total. The number of ether oxygens (including phenoxy) is 1. The van der Waals surface area contributed by atoms with Crippen molar-refractivity contribution in [3.05, 3.63) is 0 Å². The van der Waals surface area contributed by atoms with Crippen molar-refractivity contribution >= 4 is 13.8 Å². The van der Waals surface area contributed by atoms with Crippen LogP contribution in [0.15, 0.2) is 0 Å². The minimum Gasteiger partial charge on any atom is -0.481 e. The summed E-state index contributed by atoms with van der Waals surface area (Å²) in [6.07, 6.45) is 7.05. The summed E-state index contributed by atoms with van der Waals surface area (Å²) in [6, 6.07) is 0. The van der Waals surface area contributed by atoms with Gasteiger partial charge in [0.1, 0.15) is 0 Å². The van der Waals surface area contributed by atoms with E-state index < -0.39 is 13.8 Å². The summed E-state index contributed by atoms with van der Waals surface area (Å²) in [5.41, 5.74) is 0. The average Bonchev–Trinajstić information content (AvgIpc) is 2.26. The van der Waals surface area contributed by atoms with Gasteiger partial charge in [0.2, 0.25) is 0 Å². The van der Waals surface area contributed by atoms with Gasteiger partial charge in [0, 0.05) is 13.2 Å². The van der Waals surface area contributed by atoms with Crippen LogP contribution in [-0.4, -0.2) is 36.6 Å². The van der Waals surface area contributed by atoms with E-state index in [9.17, 15) is 9.36 Å². The zero-order chi connectivity index (χ0) is 12.9. The molecule has 102 valence electrons. The Balaban J connectivity index is 3.13. The predicted octanol–water partition coefficient (Wildman–Crippen LogP) is 3.01. The van der Waals surface area contributed by atoms with Crippen molar-refractivity contribution in [2.24, 2.45) is 0 Å². The predicted molar refractivity (Wildman–Crippen MR) is 70.6 cm³/mol. The van der Waals surface area contributed by atoms with Gasteiger partial charge >= 0.3 is 5.97 Å². The van der Waals surface area contributed by atoms with Gasteiger partial charge in [0.15, 0.2) is 0 Å². The van der Waals surface area contributed by atoms with E-state index in [-0.39, 0.29) is 6.16 Å². The smallest absolute Gasteiger partial charge is 0.310 e. The molecular formula is C12H25O4P. The molecule has 0 aromatic carbocycles. The zero-order valence-electron chi connectivity index (χ0n) is 10.7. The molecule has 0 aromatic heterocycles. The van der Waals surface area contributed by atoms with Crippen LogP contribution >= 0.6 is 7.80 Å².